The molecule has 142 valence electrons. The number of ether oxygens (including phenoxy) is 2. The number of hydrogen-bond donors (Lipinski definition) is 1. The Morgan fingerprint density at radius 2 is 1.54 bits per heavy atom. The van der Waals surface area contributed by atoms with Gasteiger partial charge in [-0.25, -0.2) is 0 Å². The van der Waals surface area contributed by atoms with E-state index in [9.17, 15) is 48.7 Å². The average Bonchev–Trinajstić information content (AvgIpc) is 2.29. The van der Waals surface area contributed by atoms with Gasteiger partial charge in [-0.05, 0) is 22.6 Å². The molecule has 1 fully saturated rings. The Morgan fingerprint density at radius 1 is 1.12 bits per heavy atom. The fourth-order valence-electron chi connectivity index (χ4n) is 1.76. The van der Waals surface area contributed by atoms with Crippen molar-refractivity contribution < 1.29 is 63.3 Å². The van der Waals surface area contributed by atoms with E-state index >= 15 is 0 Å². The minimum absolute atomic E-state index is 0.192. The van der Waals surface area contributed by atoms with Crippen molar-refractivity contribution in [2.75, 3.05) is 0 Å². The Labute approximate surface area is 139 Å². The van der Waals surface area contributed by atoms with Gasteiger partial charge in [0.05, 0.1) is 0 Å². The zero-order chi connectivity index (χ0) is 19.6. The molecule has 0 spiro atoms. The van der Waals surface area contributed by atoms with Gasteiger partial charge in [0.25, 0.3) is 3.61 Å². The molecule has 15 heteroatoms. The molecule has 4 nitrogen and oxygen atoms in total. The molecular weight excluding hydrogens is 489 g/mol. The molecule has 1 heterocycles. The van der Waals surface area contributed by atoms with Crippen LogP contribution in [0.5, 0.6) is 0 Å². The molecule has 24 heavy (non-hydrogen) atoms. The summed E-state index contributed by atoms with van der Waals surface area (Å²) >= 11 is -0.272. The lowest BCUT2D eigenvalue weighted by Gasteiger charge is -2.53. The largest absolute Gasteiger partial charge is 0.449 e. The zero-order valence-electron chi connectivity index (χ0n) is 10.9. The van der Waals surface area contributed by atoms with Crippen LogP contribution in [0, 0.1) is 0 Å². The lowest BCUT2D eigenvalue weighted by Crippen LogP contribution is -2.82. The van der Waals surface area contributed by atoms with Gasteiger partial charge in [-0.2, -0.15) is 43.9 Å². The van der Waals surface area contributed by atoms with Crippen molar-refractivity contribution in [1.82, 2.24) is 0 Å². The first kappa shape index (κ1) is 21.5. The second kappa shape index (κ2) is 5.46. The Kier molecular flexibility index (Phi) is 4.88. The lowest BCUT2D eigenvalue weighted by atomic mass is 9.89. The molecule has 0 aromatic heterocycles. The fraction of sp³-hybridized carbons (Fsp3) is 0.889. The minimum Gasteiger partial charge on any atom is -0.435 e. The first-order valence-corrected chi connectivity index (χ1v) is 6.51. The Hall–Kier alpha value is -0.580. The van der Waals surface area contributed by atoms with Gasteiger partial charge >= 0.3 is 36.0 Å². The van der Waals surface area contributed by atoms with Crippen molar-refractivity contribution in [3.8, 4) is 0 Å². The van der Waals surface area contributed by atoms with E-state index in [1.54, 1.807) is 0 Å². The molecule has 1 aliphatic heterocycles. The summed E-state index contributed by atoms with van der Waals surface area (Å²) in [6, 6.07) is 0. The molecule has 1 N–H and O–H groups in total. The van der Waals surface area contributed by atoms with E-state index in [0.717, 1.165) is 0 Å². The number of carbonyl (C=O) groups is 1. The highest BCUT2D eigenvalue weighted by Crippen LogP contribution is 2.64. The summed E-state index contributed by atoms with van der Waals surface area (Å²) in [4.78, 5) is 10.7. The SMILES string of the molecule is CC(=O)OC1(I)C(F)(F)C(C(F)(F)F)OC(O)(C(F)(F)F)C1(F)F. The summed E-state index contributed by atoms with van der Waals surface area (Å²) < 4.78 is 133. The van der Waals surface area contributed by atoms with Crippen LogP contribution in [0.1, 0.15) is 6.92 Å². The molecule has 1 aliphatic rings. The van der Waals surface area contributed by atoms with Crippen molar-refractivity contribution in [2.24, 2.45) is 0 Å². The summed E-state index contributed by atoms with van der Waals surface area (Å²) in [5.74, 6) is -20.1. The third kappa shape index (κ3) is 2.71. The summed E-state index contributed by atoms with van der Waals surface area (Å²) in [5, 5.41) is 9.02. The molecule has 0 radical (unpaired) electrons. The van der Waals surface area contributed by atoms with Crippen LogP contribution in [0.15, 0.2) is 0 Å². The first-order chi connectivity index (χ1) is 10.3. The Morgan fingerprint density at radius 3 is 1.83 bits per heavy atom. The van der Waals surface area contributed by atoms with Gasteiger partial charge < -0.3 is 14.6 Å². The maximum Gasteiger partial charge on any atom is 0.449 e. The van der Waals surface area contributed by atoms with E-state index in [-0.39, 0.29) is 29.5 Å². The molecule has 0 aliphatic carbocycles. The van der Waals surface area contributed by atoms with Gasteiger partial charge in [0, 0.05) is 6.92 Å². The topological polar surface area (TPSA) is 55.8 Å². The second-order valence-electron chi connectivity index (χ2n) is 4.57. The molecule has 0 aromatic carbocycles. The lowest BCUT2D eigenvalue weighted by molar-refractivity contribution is -0.516. The van der Waals surface area contributed by atoms with Crippen molar-refractivity contribution >= 4 is 28.6 Å². The highest BCUT2D eigenvalue weighted by molar-refractivity contribution is 14.1. The predicted molar refractivity (Wildman–Crippen MR) is 60.3 cm³/mol. The van der Waals surface area contributed by atoms with Crippen LogP contribution in [0.25, 0.3) is 0 Å². The molecule has 0 aromatic rings. The van der Waals surface area contributed by atoms with Crippen LogP contribution in [0.2, 0.25) is 0 Å². The van der Waals surface area contributed by atoms with Gasteiger partial charge in [0.2, 0.25) is 6.10 Å². The van der Waals surface area contributed by atoms with Crippen LogP contribution >= 0.6 is 22.6 Å². The third-order valence-electron chi connectivity index (χ3n) is 2.84. The van der Waals surface area contributed by atoms with Crippen molar-refractivity contribution in [2.45, 2.75) is 46.6 Å². The molecule has 3 atom stereocenters. The highest BCUT2D eigenvalue weighted by Gasteiger charge is 2.92. The summed E-state index contributed by atoms with van der Waals surface area (Å²) in [5.41, 5.74) is 0. The molecular formula is C9H5F10IO4. The highest BCUT2D eigenvalue weighted by atomic mass is 127. The van der Waals surface area contributed by atoms with Gasteiger partial charge in [0.15, 0.2) is 0 Å². The van der Waals surface area contributed by atoms with Crippen molar-refractivity contribution in [3.05, 3.63) is 0 Å². The summed E-state index contributed by atoms with van der Waals surface area (Å²) in [6.45, 7) is 0.192. The molecule has 0 bridgehead atoms. The van der Waals surface area contributed by atoms with Gasteiger partial charge in [-0.15, -0.1) is 0 Å². The fourth-order valence-corrected chi connectivity index (χ4v) is 2.72. The second-order valence-corrected chi connectivity index (χ2v) is 6.09. The number of halogens is 11. The monoisotopic (exact) mass is 494 g/mol. The zero-order valence-corrected chi connectivity index (χ0v) is 13.1. The molecule has 0 saturated carbocycles. The maximum absolute atomic E-state index is 14.0. The van der Waals surface area contributed by atoms with E-state index in [2.05, 4.69) is 9.47 Å². The van der Waals surface area contributed by atoms with Gasteiger partial charge in [-0.3, -0.25) is 4.79 Å². The predicted octanol–water partition coefficient (Wildman–Crippen LogP) is 3.16. The van der Waals surface area contributed by atoms with Crippen LogP contribution in [0.4, 0.5) is 43.9 Å². The molecule has 3 unspecified atom stereocenters. The van der Waals surface area contributed by atoms with E-state index in [1.807, 2.05) is 0 Å². The van der Waals surface area contributed by atoms with Gasteiger partial charge in [-0.1, -0.05) is 0 Å². The summed E-state index contributed by atoms with van der Waals surface area (Å²) in [6.07, 6.45) is -17.8. The maximum atomic E-state index is 14.0. The number of rotatable bonds is 1. The van der Waals surface area contributed by atoms with Crippen LogP contribution < -0.4 is 0 Å². The normalized spacial score (nSPS) is 36.3. The molecule has 0 amide bonds. The smallest absolute Gasteiger partial charge is 0.435 e. The number of alkyl halides is 11. The Balaban J connectivity index is 3.78. The summed E-state index contributed by atoms with van der Waals surface area (Å²) in [7, 11) is 0. The third-order valence-corrected chi connectivity index (χ3v) is 4.46. The number of hydrogen-bond acceptors (Lipinski definition) is 4. The van der Waals surface area contributed by atoms with Crippen molar-refractivity contribution in [1.29, 1.82) is 0 Å². The molecule has 1 saturated heterocycles. The Bertz CT molecular complexity index is 531. The average molecular weight is 494 g/mol. The van der Waals surface area contributed by atoms with Crippen LogP contribution in [-0.4, -0.2) is 50.8 Å². The standard InChI is InChI=1S/C9H5F10IO4/c1-2(21)23-7(20)4(10,11)3(5(12,13)14)24-8(22,6(7,15)16)9(17,18)19/h3,22H,1H3. The van der Waals surface area contributed by atoms with Crippen LogP contribution in [0.3, 0.4) is 0 Å². The quantitative estimate of drug-likeness (QED) is 0.264. The van der Waals surface area contributed by atoms with E-state index in [4.69, 9.17) is 5.11 Å². The van der Waals surface area contributed by atoms with E-state index in [0.29, 0.717) is 0 Å². The van der Waals surface area contributed by atoms with Crippen LogP contribution in [-0.2, 0) is 14.3 Å². The van der Waals surface area contributed by atoms with E-state index < -0.39 is 45.7 Å². The number of carbonyl (C=O) groups excluding carboxylic acids is 1. The first-order valence-electron chi connectivity index (χ1n) is 5.43. The van der Waals surface area contributed by atoms with Gasteiger partial charge in [0.1, 0.15) is 0 Å². The van der Waals surface area contributed by atoms with E-state index in [1.165, 1.54) is 0 Å². The minimum atomic E-state index is -6.65. The van der Waals surface area contributed by atoms with Crippen molar-refractivity contribution in [3.63, 3.8) is 0 Å². The molecule has 1 rings (SSSR count). The number of aliphatic hydroxyl groups is 1. The number of esters is 1.